The molecule has 4 aliphatic carbocycles. The minimum absolute atomic E-state index is 0.0510. The molecule has 4 N–H and O–H groups in total. The number of para-hydroxylation sites is 1. The number of amides is 2. The molecule has 7 rings (SSSR count). The van der Waals surface area contributed by atoms with Gasteiger partial charge in [0, 0.05) is 21.6 Å². The van der Waals surface area contributed by atoms with Crippen molar-refractivity contribution in [3.63, 3.8) is 0 Å². The number of rotatable bonds is 7. The van der Waals surface area contributed by atoms with Crippen LogP contribution in [-0.4, -0.2) is 31.3 Å². The third kappa shape index (κ3) is 4.89. The highest BCUT2D eigenvalue weighted by atomic mass is 79.9. The zero-order chi connectivity index (χ0) is 26.5. The molecule has 3 aromatic rings. The smallest absolute Gasteiger partial charge is 0.256 e. The number of benzene rings is 2. The summed E-state index contributed by atoms with van der Waals surface area (Å²) in [7, 11) is -4.01. The van der Waals surface area contributed by atoms with Crippen molar-refractivity contribution < 1.29 is 18.0 Å². The molecule has 200 valence electrons. The van der Waals surface area contributed by atoms with E-state index in [1.807, 2.05) is 24.3 Å². The lowest BCUT2D eigenvalue weighted by molar-refractivity contribution is -0.149. The Morgan fingerprint density at radius 2 is 1.58 bits per heavy atom. The monoisotopic (exact) mass is 598 g/mol. The zero-order valence-electron chi connectivity index (χ0n) is 20.9. The Morgan fingerprint density at radius 3 is 2.24 bits per heavy atom. The van der Waals surface area contributed by atoms with Gasteiger partial charge in [-0.1, -0.05) is 34.1 Å². The van der Waals surface area contributed by atoms with E-state index < -0.39 is 27.4 Å². The molecule has 8 nitrogen and oxygen atoms in total. The normalized spacial score (nSPS) is 26.8. The molecule has 1 aromatic heterocycles. The van der Waals surface area contributed by atoms with E-state index in [0.29, 0.717) is 17.8 Å². The van der Waals surface area contributed by atoms with E-state index in [4.69, 9.17) is 0 Å². The number of hydrogen-bond acceptors (Lipinski definition) is 4. The maximum Gasteiger partial charge on any atom is 0.256 e. The van der Waals surface area contributed by atoms with Crippen LogP contribution in [0.2, 0.25) is 0 Å². The van der Waals surface area contributed by atoms with Crippen molar-refractivity contribution in [3.05, 3.63) is 64.8 Å². The molecule has 2 amide bonds. The van der Waals surface area contributed by atoms with Crippen LogP contribution in [-0.2, 0) is 26.0 Å². The van der Waals surface area contributed by atoms with Gasteiger partial charge >= 0.3 is 0 Å². The quantitative estimate of drug-likeness (QED) is 0.305. The van der Waals surface area contributed by atoms with Gasteiger partial charge < -0.3 is 4.98 Å². The van der Waals surface area contributed by atoms with Gasteiger partial charge in [0.15, 0.2) is 0 Å². The molecule has 0 radical (unpaired) electrons. The Kier molecular flexibility index (Phi) is 6.60. The number of carbonyl (C=O) groups excluding carboxylic acids is 2. The van der Waals surface area contributed by atoms with Crippen molar-refractivity contribution in [1.29, 1.82) is 0 Å². The van der Waals surface area contributed by atoms with Crippen molar-refractivity contribution in [2.75, 3.05) is 0 Å². The van der Waals surface area contributed by atoms with E-state index in [0.717, 1.165) is 40.2 Å². The third-order valence-corrected chi connectivity index (χ3v) is 10.7. The molecule has 1 heterocycles. The molecule has 4 aliphatic rings. The fourth-order valence-electron chi connectivity index (χ4n) is 7.30. The van der Waals surface area contributed by atoms with Crippen LogP contribution in [0.15, 0.2) is 64.1 Å². The molecule has 4 fully saturated rings. The van der Waals surface area contributed by atoms with Gasteiger partial charge in [-0.3, -0.25) is 20.4 Å². The second-order valence-electron chi connectivity index (χ2n) is 11.3. The molecule has 0 saturated heterocycles. The van der Waals surface area contributed by atoms with E-state index in [9.17, 15) is 18.0 Å². The first kappa shape index (κ1) is 25.6. The van der Waals surface area contributed by atoms with Crippen LogP contribution in [0, 0.1) is 23.2 Å². The van der Waals surface area contributed by atoms with Gasteiger partial charge in [0.2, 0.25) is 15.9 Å². The first-order chi connectivity index (χ1) is 18.2. The van der Waals surface area contributed by atoms with Gasteiger partial charge in [0.25, 0.3) is 5.91 Å². The van der Waals surface area contributed by atoms with Gasteiger partial charge in [-0.15, -0.1) is 0 Å². The maximum atomic E-state index is 13.4. The Balaban J connectivity index is 1.21. The Morgan fingerprint density at radius 1 is 0.947 bits per heavy atom. The van der Waals surface area contributed by atoms with Crippen LogP contribution in [0.25, 0.3) is 10.9 Å². The number of nitrogens with one attached hydrogen (secondary N) is 4. The Bertz CT molecular complexity index is 1450. The molecule has 4 saturated carbocycles. The predicted octanol–water partition coefficient (Wildman–Crippen LogP) is 4.18. The second kappa shape index (κ2) is 9.81. The fraction of sp³-hybridized carbons (Fsp3) is 0.429. The molecule has 1 unspecified atom stereocenters. The predicted molar refractivity (Wildman–Crippen MR) is 147 cm³/mol. The first-order valence-electron chi connectivity index (χ1n) is 13.1. The summed E-state index contributed by atoms with van der Waals surface area (Å²) in [4.78, 5) is 30.0. The van der Waals surface area contributed by atoms with Crippen molar-refractivity contribution in [3.8, 4) is 0 Å². The number of fused-ring (bicyclic) bond motifs is 1. The molecule has 1 atom stereocenters. The lowest BCUT2D eigenvalue weighted by Gasteiger charge is -2.55. The highest BCUT2D eigenvalue weighted by molar-refractivity contribution is 9.10. The molecule has 0 spiro atoms. The summed E-state index contributed by atoms with van der Waals surface area (Å²) in [6.07, 6.45) is 8.14. The number of aromatic amines is 1. The van der Waals surface area contributed by atoms with E-state index >= 15 is 0 Å². The molecule has 38 heavy (non-hydrogen) atoms. The molecule has 4 bridgehead atoms. The number of carbonyl (C=O) groups is 2. The number of aromatic nitrogens is 1. The molecule has 10 heteroatoms. The number of sulfonamides is 1. The topological polar surface area (TPSA) is 120 Å². The summed E-state index contributed by atoms with van der Waals surface area (Å²) >= 11 is 3.32. The first-order valence-corrected chi connectivity index (χ1v) is 15.4. The van der Waals surface area contributed by atoms with E-state index in [1.54, 1.807) is 18.3 Å². The lowest BCUT2D eigenvalue weighted by Crippen LogP contribution is -2.59. The van der Waals surface area contributed by atoms with Gasteiger partial charge in [0.05, 0.1) is 10.3 Å². The van der Waals surface area contributed by atoms with Gasteiger partial charge in [-0.2, -0.15) is 4.72 Å². The second-order valence-corrected chi connectivity index (χ2v) is 14.0. The Labute approximate surface area is 230 Å². The molecular formula is C28H31BrN4O4S. The zero-order valence-corrected chi connectivity index (χ0v) is 23.3. The van der Waals surface area contributed by atoms with E-state index in [1.165, 1.54) is 31.4 Å². The largest absolute Gasteiger partial charge is 0.361 e. The van der Waals surface area contributed by atoms with Crippen molar-refractivity contribution in [1.82, 2.24) is 20.6 Å². The number of hydrazine groups is 1. The Hall–Kier alpha value is -2.69. The van der Waals surface area contributed by atoms with E-state index in [2.05, 4.69) is 36.5 Å². The third-order valence-electron chi connectivity index (χ3n) is 8.66. The highest BCUT2D eigenvalue weighted by Crippen LogP contribution is 2.60. The lowest BCUT2D eigenvalue weighted by atomic mass is 9.49. The molecular weight excluding hydrogens is 568 g/mol. The minimum atomic E-state index is -4.01. The summed E-state index contributed by atoms with van der Waals surface area (Å²) in [5.74, 6) is 1.03. The summed E-state index contributed by atoms with van der Waals surface area (Å²) < 4.78 is 29.8. The van der Waals surface area contributed by atoms with Crippen molar-refractivity contribution >= 4 is 48.7 Å². The van der Waals surface area contributed by atoms with Crippen LogP contribution in [0.5, 0.6) is 0 Å². The maximum absolute atomic E-state index is 13.4. The van der Waals surface area contributed by atoms with Crippen molar-refractivity contribution in [2.45, 2.75) is 55.9 Å². The number of hydrogen-bond donors (Lipinski definition) is 4. The van der Waals surface area contributed by atoms with Crippen LogP contribution >= 0.6 is 15.9 Å². The number of H-pyrrole nitrogens is 1. The molecule has 0 aliphatic heterocycles. The summed E-state index contributed by atoms with van der Waals surface area (Å²) in [6.45, 7) is 0. The summed E-state index contributed by atoms with van der Waals surface area (Å²) in [5, 5.41) is 0.908. The SMILES string of the molecule is O=C(NNC(=O)C12CC3CC(CC(C3)C1)C2)C(Cc1c[nH]c2ccccc12)NS(=O)(=O)c1ccc(Br)cc1. The van der Waals surface area contributed by atoms with Crippen molar-refractivity contribution in [2.24, 2.45) is 23.2 Å². The standard InChI is InChI=1S/C28H31BrN4O4S/c29-21-5-7-22(8-6-21)38(36,37)33-25(12-20-16-30-24-4-2-1-3-23(20)24)26(34)31-32-27(35)28-13-17-9-18(14-28)11-19(10-17)15-28/h1-8,16-19,25,30,33H,9-15H2,(H,31,34)(H,32,35). The minimum Gasteiger partial charge on any atom is -0.361 e. The molecule has 2 aromatic carbocycles. The van der Waals surface area contributed by atoms with Crippen LogP contribution < -0.4 is 15.6 Å². The van der Waals surface area contributed by atoms with Crippen LogP contribution in [0.1, 0.15) is 44.1 Å². The van der Waals surface area contributed by atoms with Crippen LogP contribution in [0.4, 0.5) is 0 Å². The fourth-order valence-corrected chi connectivity index (χ4v) is 8.76. The van der Waals surface area contributed by atoms with Gasteiger partial charge in [-0.05, 0) is 98.6 Å². The van der Waals surface area contributed by atoms with E-state index in [-0.39, 0.29) is 17.2 Å². The average Bonchev–Trinajstić information content (AvgIpc) is 3.29. The van der Waals surface area contributed by atoms with Gasteiger partial charge in [0.1, 0.15) is 6.04 Å². The number of halogens is 1. The van der Waals surface area contributed by atoms with Crippen LogP contribution in [0.3, 0.4) is 0 Å². The van der Waals surface area contributed by atoms with Gasteiger partial charge in [-0.25, -0.2) is 8.42 Å². The summed E-state index contributed by atoms with van der Waals surface area (Å²) in [6, 6.07) is 12.7. The average molecular weight is 600 g/mol. The summed E-state index contributed by atoms with van der Waals surface area (Å²) in [5.41, 5.74) is 6.52. The highest BCUT2D eigenvalue weighted by Gasteiger charge is 2.54.